The van der Waals surface area contributed by atoms with Crippen LogP contribution in [-0.4, -0.2) is 5.78 Å². The quantitative estimate of drug-likeness (QED) is 0.554. The molecule has 1 nitrogen and oxygen atoms in total. The lowest BCUT2D eigenvalue weighted by atomic mass is 9.66. The van der Waals surface area contributed by atoms with Crippen LogP contribution in [0, 0.1) is 16.7 Å². The summed E-state index contributed by atoms with van der Waals surface area (Å²) >= 11 is 0. The third kappa shape index (κ3) is 0.619. The van der Waals surface area contributed by atoms with Crippen LogP contribution in [0.3, 0.4) is 0 Å². The highest BCUT2D eigenvalue weighted by Crippen LogP contribution is 2.68. The van der Waals surface area contributed by atoms with E-state index in [9.17, 15) is 4.79 Å². The maximum absolute atomic E-state index is 12.0. The van der Waals surface area contributed by atoms with Crippen LogP contribution in [-0.2, 0) is 4.79 Å². The maximum Gasteiger partial charge on any atom is 0.162 e. The molecule has 3 aliphatic carbocycles. The van der Waals surface area contributed by atoms with Crippen LogP contribution in [0.1, 0.15) is 39.0 Å². The van der Waals surface area contributed by atoms with Crippen LogP contribution in [0.15, 0.2) is 12.2 Å². The van der Waals surface area contributed by atoms with Gasteiger partial charge in [0.1, 0.15) is 0 Å². The molecule has 13 heavy (non-hydrogen) atoms. The molecular formula is C12H16O. The van der Waals surface area contributed by atoms with Gasteiger partial charge in [0, 0.05) is 10.8 Å². The Labute approximate surface area is 79.2 Å². The van der Waals surface area contributed by atoms with Crippen molar-refractivity contribution in [3.05, 3.63) is 12.2 Å². The van der Waals surface area contributed by atoms with Crippen LogP contribution in [0.5, 0.6) is 0 Å². The van der Waals surface area contributed by atoms with Crippen molar-refractivity contribution < 1.29 is 4.79 Å². The van der Waals surface area contributed by atoms with Gasteiger partial charge < -0.3 is 0 Å². The Morgan fingerprint density at radius 2 is 2.23 bits per heavy atom. The second kappa shape index (κ2) is 2.08. The molecule has 0 heterocycles. The van der Waals surface area contributed by atoms with Gasteiger partial charge in [0.05, 0.1) is 0 Å². The largest absolute Gasteiger partial charge is 0.294 e. The van der Waals surface area contributed by atoms with Gasteiger partial charge in [0.25, 0.3) is 0 Å². The fourth-order valence-electron chi connectivity index (χ4n) is 4.27. The van der Waals surface area contributed by atoms with Gasteiger partial charge in [-0.25, -0.2) is 0 Å². The van der Waals surface area contributed by atoms with Crippen LogP contribution < -0.4 is 0 Å². The van der Waals surface area contributed by atoms with Gasteiger partial charge in [-0.1, -0.05) is 19.4 Å². The highest BCUT2D eigenvalue weighted by atomic mass is 16.1. The average Bonchev–Trinajstić information content (AvgIpc) is 2.67. The van der Waals surface area contributed by atoms with Crippen molar-refractivity contribution in [1.82, 2.24) is 0 Å². The zero-order valence-electron chi connectivity index (χ0n) is 8.18. The molecule has 1 heteroatoms. The third-order valence-corrected chi connectivity index (χ3v) is 4.94. The number of carbonyl (C=O) groups excluding carboxylic acids is 1. The molecule has 2 fully saturated rings. The summed E-state index contributed by atoms with van der Waals surface area (Å²) < 4.78 is 0. The molecule has 3 rings (SSSR count). The minimum atomic E-state index is 0.0625. The van der Waals surface area contributed by atoms with Crippen LogP contribution >= 0.6 is 0 Å². The van der Waals surface area contributed by atoms with Crippen molar-refractivity contribution in [2.45, 2.75) is 39.0 Å². The number of carbonyl (C=O) groups is 1. The van der Waals surface area contributed by atoms with Crippen molar-refractivity contribution in [1.29, 1.82) is 0 Å². The summed E-state index contributed by atoms with van der Waals surface area (Å²) in [6.07, 6.45) is 10.3. The average molecular weight is 176 g/mol. The Morgan fingerprint density at radius 3 is 3.00 bits per heavy atom. The predicted molar refractivity (Wildman–Crippen MR) is 51.3 cm³/mol. The van der Waals surface area contributed by atoms with Crippen LogP contribution in [0.2, 0.25) is 0 Å². The molecule has 3 atom stereocenters. The summed E-state index contributed by atoms with van der Waals surface area (Å²) in [5.41, 5.74) is 0.372. The van der Waals surface area contributed by atoms with Crippen molar-refractivity contribution in [3.8, 4) is 0 Å². The first-order chi connectivity index (χ1) is 6.21. The van der Waals surface area contributed by atoms with E-state index in [1.807, 2.05) is 6.08 Å². The van der Waals surface area contributed by atoms with Crippen LogP contribution in [0.4, 0.5) is 0 Å². The molecule has 0 spiro atoms. The molecule has 0 unspecified atom stereocenters. The summed E-state index contributed by atoms with van der Waals surface area (Å²) in [6, 6.07) is 0. The number of ketones is 1. The Bertz CT molecular complexity index is 304. The number of hydrogen-bond acceptors (Lipinski definition) is 1. The lowest BCUT2D eigenvalue weighted by Gasteiger charge is -2.35. The molecular weight excluding hydrogens is 160 g/mol. The Balaban J connectivity index is 2.19. The van der Waals surface area contributed by atoms with Crippen molar-refractivity contribution in [2.24, 2.45) is 16.7 Å². The molecule has 0 aromatic carbocycles. The van der Waals surface area contributed by atoms with Gasteiger partial charge in [0.15, 0.2) is 5.78 Å². The first kappa shape index (κ1) is 7.78. The van der Waals surface area contributed by atoms with Crippen molar-refractivity contribution >= 4 is 5.78 Å². The highest BCUT2D eigenvalue weighted by Gasteiger charge is 2.65. The fourth-order valence-corrected chi connectivity index (χ4v) is 4.27. The predicted octanol–water partition coefficient (Wildman–Crippen LogP) is 2.71. The summed E-state index contributed by atoms with van der Waals surface area (Å²) in [5, 5.41) is 0. The second-order valence-electron chi connectivity index (χ2n) is 5.12. The van der Waals surface area contributed by atoms with E-state index in [4.69, 9.17) is 0 Å². The first-order valence-corrected chi connectivity index (χ1v) is 5.45. The van der Waals surface area contributed by atoms with E-state index >= 15 is 0 Å². The molecule has 2 saturated carbocycles. The smallest absolute Gasteiger partial charge is 0.162 e. The summed E-state index contributed by atoms with van der Waals surface area (Å²) in [4.78, 5) is 12.0. The molecule has 0 aromatic heterocycles. The van der Waals surface area contributed by atoms with Gasteiger partial charge in [-0.05, 0) is 37.7 Å². The van der Waals surface area contributed by atoms with E-state index in [2.05, 4.69) is 13.0 Å². The Morgan fingerprint density at radius 1 is 1.38 bits per heavy atom. The van der Waals surface area contributed by atoms with Gasteiger partial charge in [0.2, 0.25) is 0 Å². The number of allylic oxidation sites excluding steroid dienone is 2. The molecule has 70 valence electrons. The Hall–Kier alpha value is -0.590. The van der Waals surface area contributed by atoms with Gasteiger partial charge in [-0.2, -0.15) is 0 Å². The maximum atomic E-state index is 12.0. The third-order valence-electron chi connectivity index (χ3n) is 4.94. The molecule has 0 bridgehead atoms. The molecule has 0 amide bonds. The summed E-state index contributed by atoms with van der Waals surface area (Å²) in [7, 11) is 0. The molecule has 0 radical (unpaired) electrons. The SMILES string of the molecule is C[C@H]1CC[C@]23C=CC(=O)[C@]12CCC3. The fraction of sp³-hybridized carbons (Fsp3) is 0.750. The molecule has 3 aliphatic rings. The highest BCUT2D eigenvalue weighted by molar-refractivity contribution is 5.99. The monoisotopic (exact) mass is 176 g/mol. The topological polar surface area (TPSA) is 17.1 Å². The zero-order chi connectivity index (χ0) is 9.10. The molecule has 0 aliphatic heterocycles. The molecule has 0 saturated heterocycles. The molecule has 0 N–H and O–H groups in total. The second-order valence-corrected chi connectivity index (χ2v) is 5.12. The van der Waals surface area contributed by atoms with Crippen molar-refractivity contribution in [3.63, 3.8) is 0 Å². The van der Waals surface area contributed by atoms with Gasteiger partial charge in [-0.15, -0.1) is 0 Å². The van der Waals surface area contributed by atoms with E-state index < -0.39 is 0 Å². The van der Waals surface area contributed by atoms with Crippen molar-refractivity contribution in [2.75, 3.05) is 0 Å². The minimum absolute atomic E-state index is 0.0625. The lowest BCUT2D eigenvalue weighted by molar-refractivity contribution is -0.127. The van der Waals surface area contributed by atoms with E-state index in [1.54, 1.807) is 0 Å². The van der Waals surface area contributed by atoms with Gasteiger partial charge in [-0.3, -0.25) is 4.79 Å². The zero-order valence-corrected chi connectivity index (χ0v) is 8.18. The summed E-state index contributed by atoms with van der Waals surface area (Å²) in [6.45, 7) is 2.28. The first-order valence-electron chi connectivity index (χ1n) is 5.45. The number of hydrogen-bond donors (Lipinski definition) is 0. The van der Waals surface area contributed by atoms with E-state index in [-0.39, 0.29) is 5.41 Å². The number of rotatable bonds is 0. The van der Waals surface area contributed by atoms with E-state index in [0.717, 1.165) is 6.42 Å². The molecule has 0 aromatic rings. The van der Waals surface area contributed by atoms with Crippen LogP contribution in [0.25, 0.3) is 0 Å². The minimum Gasteiger partial charge on any atom is -0.294 e. The van der Waals surface area contributed by atoms with E-state index in [0.29, 0.717) is 17.1 Å². The van der Waals surface area contributed by atoms with Gasteiger partial charge >= 0.3 is 0 Å². The van der Waals surface area contributed by atoms with E-state index in [1.165, 1.54) is 25.7 Å². The summed E-state index contributed by atoms with van der Waals surface area (Å²) in [5.74, 6) is 1.06. The standard InChI is InChI=1S/C12H16O/c1-9-3-7-11-5-2-6-12(9,11)10(13)4-8-11/h4,8-9H,2-3,5-7H2,1H3/t9-,11+,12-/m0/s1. The Kier molecular flexibility index (Phi) is 1.24. The lowest BCUT2D eigenvalue weighted by Crippen LogP contribution is -2.37. The normalized spacial score (nSPS) is 52.7.